The minimum absolute atomic E-state index is 0.102. The topological polar surface area (TPSA) is 65.2 Å². The third-order valence-corrected chi connectivity index (χ3v) is 8.59. The summed E-state index contributed by atoms with van der Waals surface area (Å²) in [7, 11) is 0. The number of benzene rings is 4. The van der Waals surface area contributed by atoms with Crippen LogP contribution in [0.25, 0.3) is 0 Å². The van der Waals surface area contributed by atoms with Crippen LogP contribution in [-0.2, 0) is 4.79 Å². The van der Waals surface area contributed by atoms with Crippen molar-refractivity contribution in [2.75, 3.05) is 21.3 Å². The van der Waals surface area contributed by atoms with Crippen LogP contribution in [0.15, 0.2) is 103 Å². The van der Waals surface area contributed by atoms with Gasteiger partial charge in [-0.1, -0.05) is 115 Å². The van der Waals surface area contributed by atoms with Crippen LogP contribution in [0, 0.1) is 0 Å². The second kappa shape index (κ2) is 21.5. The lowest BCUT2D eigenvalue weighted by molar-refractivity contribution is -0.116. The van der Waals surface area contributed by atoms with Gasteiger partial charge in [-0.3, -0.25) is 4.79 Å². The van der Waals surface area contributed by atoms with E-state index in [4.69, 9.17) is 0 Å². The molecule has 5 nitrogen and oxygen atoms in total. The molecule has 4 aromatic rings. The number of para-hydroxylation sites is 1. The Bertz CT molecular complexity index is 1390. The summed E-state index contributed by atoms with van der Waals surface area (Å²) in [5, 5.41) is 13.4. The van der Waals surface area contributed by atoms with Crippen molar-refractivity contribution in [3.63, 3.8) is 0 Å². The molecule has 4 N–H and O–H groups in total. The summed E-state index contributed by atoms with van der Waals surface area (Å²) in [6.07, 6.45) is 20.6. The molecule has 0 aliphatic rings. The molecule has 0 bridgehead atoms. The maximum atomic E-state index is 12.4. The van der Waals surface area contributed by atoms with Crippen molar-refractivity contribution in [2.24, 2.45) is 0 Å². The van der Waals surface area contributed by atoms with Gasteiger partial charge < -0.3 is 21.3 Å². The Balaban J connectivity index is 1.04. The average Bonchev–Trinajstić information content (AvgIpc) is 3.09. The molecule has 0 aliphatic carbocycles. The highest BCUT2D eigenvalue weighted by molar-refractivity contribution is 5.90. The molecule has 4 rings (SSSR count). The maximum absolute atomic E-state index is 12.4. The summed E-state index contributed by atoms with van der Waals surface area (Å²) in [4.78, 5) is 12.4. The lowest BCUT2D eigenvalue weighted by Gasteiger charge is -2.11. The zero-order chi connectivity index (χ0) is 32.8. The van der Waals surface area contributed by atoms with E-state index in [9.17, 15) is 4.79 Å². The fourth-order valence-corrected chi connectivity index (χ4v) is 5.81. The minimum Gasteiger partial charge on any atom is -0.356 e. The highest BCUT2D eigenvalue weighted by Crippen LogP contribution is 2.25. The molecule has 5 heteroatoms. The molecule has 0 radical (unpaired) electrons. The number of anilines is 7. The van der Waals surface area contributed by atoms with Crippen molar-refractivity contribution in [2.45, 2.75) is 110 Å². The number of rotatable bonds is 23. The van der Waals surface area contributed by atoms with Gasteiger partial charge in [0.15, 0.2) is 0 Å². The summed E-state index contributed by atoms with van der Waals surface area (Å²) >= 11 is 0. The standard InChI is InChI=1S/C42H56N4O/c1-2-3-4-5-6-7-8-9-10-11-12-13-14-15-19-22-42(47)46-41-33-31-40(32-34-41)45-39-29-27-38(28-30-39)44-37-25-23-36(24-26-37)43-35-20-17-16-18-21-35/h16-18,20-21,23-34,43-45H,2-15,19,22H2,1H3,(H,46,47). The first kappa shape index (κ1) is 35.6. The number of unbranched alkanes of at least 4 members (excludes halogenated alkanes) is 14. The average molecular weight is 633 g/mol. The van der Waals surface area contributed by atoms with Gasteiger partial charge >= 0.3 is 0 Å². The van der Waals surface area contributed by atoms with E-state index in [1.54, 1.807) is 0 Å². The van der Waals surface area contributed by atoms with Crippen molar-refractivity contribution >= 4 is 45.7 Å². The third-order valence-electron chi connectivity index (χ3n) is 8.59. The minimum atomic E-state index is 0.102. The third kappa shape index (κ3) is 14.8. The zero-order valence-electron chi connectivity index (χ0n) is 28.5. The van der Waals surface area contributed by atoms with E-state index < -0.39 is 0 Å². The number of nitrogens with one attached hydrogen (secondary N) is 4. The van der Waals surface area contributed by atoms with Crippen LogP contribution in [0.1, 0.15) is 110 Å². The molecule has 0 aliphatic heterocycles. The van der Waals surface area contributed by atoms with Crippen LogP contribution < -0.4 is 21.3 Å². The lowest BCUT2D eigenvalue weighted by Crippen LogP contribution is -2.10. The van der Waals surface area contributed by atoms with Gasteiger partial charge in [0.25, 0.3) is 0 Å². The largest absolute Gasteiger partial charge is 0.356 e. The van der Waals surface area contributed by atoms with Crippen molar-refractivity contribution in [3.05, 3.63) is 103 Å². The van der Waals surface area contributed by atoms with Crippen molar-refractivity contribution in [1.29, 1.82) is 0 Å². The summed E-state index contributed by atoms with van der Waals surface area (Å²) in [5.74, 6) is 0.102. The van der Waals surface area contributed by atoms with E-state index in [2.05, 4.69) is 88.9 Å². The van der Waals surface area contributed by atoms with Crippen molar-refractivity contribution in [1.82, 2.24) is 0 Å². The van der Waals surface area contributed by atoms with Gasteiger partial charge in [-0.25, -0.2) is 0 Å². The van der Waals surface area contributed by atoms with E-state index in [1.807, 2.05) is 42.5 Å². The normalized spacial score (nSPS) is 10.8. The fourth-order valence-electron chi connectivity index (χ4n) is 5.81. The summed E-state index contributed by atoms with van der Waals surface area (Å²) in [6.45, 7) is 2.28. The Labute approximate surface area is 284 Å². The first-order valence-electron chi connectivity index (χ1n) is 18.1. The van der Waals surface area contributed by atoms with Gasteiger partial charge in [-0.05, 0) is 91.3 Å². The number of carbonyl (C=O) groups is 1. The highest BCUT2D eigenvalue weighted by atomic mass is 16.1. The second-order valence-electron chi connectivity index (χ2n) is 12.7. The van der Waals surface area contributed by atoms with Crippen LogP contribution >= 0.6 is 0 Å². The Morgan fingerprint density at radius 3 is 1.04 bits per heavy atom. The van der Waals surface area contributed by atoms with Gasteiger partial charge in [0, 0.05) is 46.2 Å². The number of hydrogen-bond acceptors (Lipinski definition) is 4. The van der Waals surface area contributed by atoms with E-state index in [-0.39, 0.29) is 5.91 Å². The van der Waals surface area contributed by atoms with Crippen LogP contribution in [0.5, 0.6) is 0 Å². The quantitative estimate of drug-likeness (QED) is 0.0614. The van der Waals surface area contributed by atoms with Crippen LogP contribution in [0.2, 0.25) is 0 Å². The molecule has 1 amide bonds. The van der Waals surface area contributed by atoms with Gasteiger partial charge in [-0.15, -0.1) is 0 Å². The molecule has 0 saturated heterocycles. The first-order valence-corrected chi connectivity index (χ1v) is 18.1. The molecule has 0 unspecified atom stereocenters. The smallest absolute Gasteiger partial charge is 0.224 e. The van der Waals surface area contributed by atoms with Crippen LogP contribution in [0.4, 0.5) is 39.8 Å². The van der Waals surface area contributed by atoms with Gasteiger partial charge in [0.2, 0.25) is 5.91 Å². The number of carbonyl (C=O) groups excluding carboxylic acids is 1. The van der Waals surface area contributed by atoms with Crippen molar-refractivity contribution in [3.8, 4) is 0 Å². The predicted molar refractivity (Wildman–Crippen MR) is 204 cm³/mol. The molecular formula is C42H56N4O. The molecule has 47 heavy (non-hydrogen) atoms. The molecule has 0 aromatic heterocycles. The molecule has 0 saturated carbocycles. The number of hydrogen-bond donors (Lipinski definition) is 4. The maximum Gasteiger partial charge on any atom is 0.224 e. The molecule has 0 fully saturated rings. The molecular weight excluding hydrogens is 576 g/mol. The number of amides is 1. The van der Waals surface area contributed by atoms with Gasteiger partial charge in [0.1, 0.15) is 0 Å². The second-order valence-corrected chi connectivity index (χ2v) is 12.7. The predicted octanol–water partition coefficient (Wildman–Crippen LogP) is 13.1. The summed E-state index contributed by atoms with van der Waals surface area (Å²) in [6, 6.07) is 34.6. The summed E-state index contributed by atoms with van der Waals surface area (Å²) < 4.78 is 0. The highest BCUT2D eigenvalue weighted by Gasteiger charge is 2.04. The van der Waals surface area contributed by atoms with E-state index in [1.165, 1.54) is 83.5 Å². The molecule has 0 heterocycles. The SMILES string of the molecule is CCCCCCCCCCCCCCCCCC(=O)Nc1ccc(Nc2ccc(Nc3ccc(Nc4ccccc4)cc3)cc2)cc1. The van der Waals surface area contributed by atoms with Gasteiger partial charge in [-0.2, -0.15) is 0 Å². The first-order chi connectivity index (χ1) is 23.2. The Hall–Kier alpha value is -4.25. The van der Waals surface area contributed by atoms with Crippen molar-refractivity contribution < 1.29 is 4.79 Å². The van der Waals surface area contributed by atoms with E-state index >= 15 is 0 Å². The summed E-state index contributed by atoms with van der Waals surface area (Å²) in [5.41, 5.74) is 6.99. The molecule has 0 spiro atoms. The van der Waals surface area contributed by atoms with Gasteiger partial charge in [0.05, 0.1) is 0 Å². The fraction of sp³-hybridized carbons (Fsp3) is 0.405. The zero-order valence-corrected chi connectivity index (χ0v) is 28.5. The monoisotopic (exact) mass is 632 g/mol. The lowest BCUT2D eigenvalue weighted by atomic mass is 10.0. The molecule has 4 aromatic carbocycles. The van der Waals surface area contributed by atoms with E-state index in [0.717, 1.165) is 52.7 Å². The molecule has 250 valence electrons. The van der Waals surface area contributed by atoms with E-state index in [0.29, 0.717) is 6.42 Å². The Kier molecular flexibility index (Phi) is 16.3. The molecule has 0 atom stereocenters. The Morgan fingerprint density at radius 2 is 0.681 bits per heavy atom. The van der Waals surface area contributed by atoms with Crippen LogP contribution in [-0.4, -0.2) is 5.91 Å². The van der Waals surface area contributed by atoms with Crippen LogP contribution in [0.3, 0.4) is 0 Å². The Morgan fingerprint density at radius 1 is 0.383 bits per heavy atom.